The van der Waals surface area contributed by atoms with Crippen molar-refractivity contribution in [2.75, 3.05) is 12.0 Å². The predicted octanol–water partition coefficient (Wildman–Crippen LogP) is 4.81. The van der Waals surface area contributed by atoms with Gasteiger partial charge in [-0.15, -0.1) is 11.3 Å². The Morgan fingerprint density at radius 3 is 2.71 bits per heavy atom. The van der Waals surface area contributed by atoms with Crippen LogP contribution in [-0.4, -0.2) is 23.8 Å². The zero-order chi connectivity index (χ0) is 19.9. The number of benzene rings is 2. The van der Waals surface area contributed by atoms with Crippen LogP contribution in [0.25, 0.3) is 11.1 Å². The molecule has 0 spiro atoms. The van der Waals surface area contributed by atoms with Gasteiger partial charge in [0.2, 0.25) is 5.13 Å². The largest absolute Gasteiger partial charge is 0.466 e. The second kappa shape index (κ2) is 9.23. The van der Waals surface area contributed by atoms with Crippen molar-refractivity contribution >= 4 is 28.7 Å². The minimum Gasteiger partial charge on any atom is -0.466 e. The third-order valence-corrected chi connectivity index (χ3v) is 4.75. The first kappa shape index (κ1) is 19.7. The zero-order valence-corrected chi connectivity index (χ0v) is 16.4. The summed E-state index contributed by atoms with van der Waals surface area (Å²) in [5, 5.41) is 6.58. The van der Waals surface area contributed by atoms with Crippen molar-refractivity contribution < 1.29 is 13.9 Å². The van der Waals surface area contributed by atoms with E-state index in [1.807, 2.05) is 30.3 Å². The van der Waals surface area contributed by atoms with Crippen molar-refractivity contribution in [3.63, 3.8) is 0 Å². The van der Waals surface area contributed by atoms with Crippen molar-refractivity contribution in [1.82, 2.24) is 4.98 Å². The van der Waals surface area contributed by atoms with Crippen molar-refractivity contribution in [2.45, 2.75) is 20.3 Å². The van der Waals surface area contributed by atoms with Gasteiger partial charge in [0.1, 0.15) is 5.82 Å². The molecular formula is C21H20FN3O2S. The number of aryl methyl sites for hydroxylation is 1. The molecule has 0 aliphatic heterocycles. The summed E-state index contributed by atoms with van der Waals surface area (Å²) in [5.74, 6) is -0.495. The molecule has 0 fully saturated rings. The van der Waals surface area contributed by atoms with Gasteiger partial charge >= 0.3 is 5.97 Å². The van der Waals surface area contributed by atoms with Crippen LogP contribution in [-0.2, 0) is 16.0 Å². The van der Waals surface area contributed by atoms with Crippen molar-refractivity contribution in [2.24, 2.45) is 5.10 Å². The summed E-state index contributed by atoms with van der Waals surface area (Å²) in [7, 11) is 0. The standard InChI is InChI=1S/C21H20FN3O2S/c1-3-27-20(26)11-18-13-28-21(24-18)25-23-12-15-4-6-16(7-5-15)17-8-9-19(22)14(2)10-17/h4-10,12-13H,3,11H2,1-2H3,(H,24,25). The molecule has 144 valence electrons. The number of hydrazone groups is 1. The molecule has 3 aromatic rings. The van der Waals surface area contributed by atoms with E-state index in [1.165, 1.54) is 17.4 Å². The normalized spacial score (nSPS) is 11.0. The summed E-state index contributed by atoms with van der Waals surface area (Å²) in [6.07, 6.45) is 1.84. The van der Waals surface area contributed by atoms with Crippen molar-refractivity contribution in [3.8, 4) is 11.1 Å². The molecule has 3 rings (SSSR count). The molecule has 0 saturated carbocycles. The van der Waals surface area contributed by atoms with Gasteiger partial charge in [-0.05, 0) is 48.2 Å². The first-order chi connectivity index (χ1) is 13.5. The second-order valence-electron chi connectivity index (χ2n) is 6.08. The van der Waals surface area contributed by atoms with Crippen molar-refractivity contribution in [3.05, 3.63) is 70.5 Å². The van der Waals surface area contributed by atoms with Crippen LogP contribution >= 0.6 is 11.3 Å². The van der Waals surface area contributed by atoms with Crippen LogP contribution in [0.3, 0.4) is 0 Å². The number of nitrogens with one attached hydrogen (secondary N) is 1. The fourth-order valence-corrected chi connectivity index (χ4v) is 3.21. The van der Waals surface area contributed by atoms with Gasteiger partial charge in [-0.1, -0.05) is 30.3 Å². The number of ether oxygens (including phenoxy) is 1. The highest BCUT2D eigenvalue weighted by molar-refractivity contribution is 7.13. The Morgan fingerprint density at radius 2 is 2.00 bits per heavy atom. The summed E-state index contributed by atoms with van der Waals surface area (Å²) in [5.41, 5.74) is 7.03. The molecule has 0 aliphatic rings. The average molecular weight is 397 g/mol. The molecule has 0 saturated heterocycles. The molecular weight excluding hydrogens is 377 g/mol. The first-order valence-electron chi connectivity index (χ1n) is 8.81. The Bertz CT molecular complexity index is 984. The Kier molecular flexibility index (Phi) is 6.49. The number of halogens is 1. The molecule has 1 N–H and O–H groups in total. The lowest BCUT2D eigenvalue weighted by molar-refractivity contribution is -0.142. The lowest BCUT2D eigenvalue weighted by atomic mass is 10.0. The minimum atomic E-state index is -0.292. The number of carbonyl (C=O) groups excluding carboxylic acids is 1. The van der Waals surface area contributed by atoms with E-state index in [9.17, 15) is 9.18 Å². The van der Waals surface area contributed by atoms with Crippen LogP contribution in [0.1, 0.15) is 23.7 Å². The molecule has 0 atom stereocenters. The van der Waals surface area contributed by atoms with E-state index in [0.29, 0.717) is 23.0 Å². The highest BCUT2D eigenvalue weighted by Gasteiger charge is 2.08. The van der Waals surface area contributed by atoms with E-state index < -0.39 is 0 Å². The van der Waals surface area contributed by atoms with Crippen LogP contribution in [0, 0.1) is 12.7 Å². The number of aromatic nitrogens is 1. The Balaban J connectivity index is 1.58. The fourth-order valence-electron chi connectivity index (χ4n) is 2.55. The second-order valence-corrected chi connectivity index (χ2v) is 6.94. The molecule has 1 aromatic heterocycles. The van der Waals surface area contributed by atoms with Gasteiger partial charge < -0.3 is 4.74 Å². The van der Waals surface area contributed by atoms with Gasteiger partial charge in [-0.25, -0.2) is 9.37 Å². The highest BCUT2D eigenvalue weighted by Crippen LogP contribution is 2.22. The Morgan fingerprint density at radius 1 is 1.25 bits per heavy atom. The van der Waals surface area contributed by atoms with E-state index in [0.717, 1.165) is 16.7 Å². The number of hydrogen-bond donors (Lipinski definition) is 1. The average Bonchev–Trinajstić information content (AvgIpc) is 3.12. The van der Waals surface area contributed by atoms with Crippen LogP contribution in [0.4, 0.5) is 9.52 Å². The summed E-state index contributed by atoms with van der Waals surface area (Å²) in [4.78, 5) is 15.8. The van der Waals surface area contributed by atoms with Gasteiger partial charge in [0.15, 0.2) is 0 Å². The molecule has 28 heavy (non-hydrogen) atoms. The lowest BCUT2D eigenvalue weighted by Gasteiger charge is -2.04. The Hall–Kier alpha value is -3.06. The van der Waals surface area contributed by atoms with Gasteiger partial charge in [0.05, 0.1) is 24.9 Å². The number of esters is 1. The maximum atomic E-state index is 13.4. The first-order valence-corrected chi connectivity index (χ1v) is 9.69. The minimum absolute atomic E-state index is 0.153. The van der Waals surface area contributed by atoms with E-state index in [-0.39, 0.29) is 18.2 Å². The number of nitrogens with zero attached hydrogens (tertiary/aromatic N) is 2. The van der Waals surface area contributed by atoms with Crippen LogP contribution in [0.2, 0.25) is 0 Å². The summed E-state index contributed by atoms with van der Waals surface area (Å²) >= 11 is 1.37. The topological polar surface area (TPSA) is 63.6 Å². The number of rotatable bonds is 7. The smallest absolute Gasteiger partial charge is 0.311 e. The van der Waals surface area contributed by atoms with Crippen LogP contribution in [0.5, 0.6) is 0 Å². The fraction of sp³-hybridized carbons (Fsp3) is 0.190. The molecule has 0 amide bonds. The molecule has 7 heteroatoms. The molecule has 0 unspecified atom stereocenters. The van der Waals surface area contributed by atoms with Gasteiger partial charge in [0.25, 0.3) is 0 Å². The zero-order valence-electron chi connectivity index (χ0n) is 15.6. The lowest BCUT2D eigenvalue weighted by Crippen LogP contribution is -2.07. The summed E-state index contributed by atoms with van der Waals surface area (Å²) < 4.78 is 18.3. The van der Waals surface area contributed by atoms with E-state index in [2.05, 4.69) is 15.5 Å². The number of thiazole rings is 1. The third-order valence-electron chi connectivity index (χ3n) is 3.96. The van der Waals surface area contributed by atoms with Gasteiger partial charge in [0, 0.05) is 5.38 Å². The van der Waals surface area contributed by atoms with Crippen LogP contribution in [0.15, 0.2) is 52.9 Å². The van der Waals surface area contributed by atoms with Gasteiger partial charge in [-0.2, -0.15) is 5.10 Å². The number of hydrogen-bond acceptors (Lipinski definition) is 6. The van der Waals surface area contributed by atoms with E-state index >= 15 is 0 Å². The van der Waals surface area contributed by atoms with E-state index in [1.54, 1.807) is 31.5 Å². The quantitative estimate of drug-likeness (QED) is 0.353. The molecule has 0 aliphatic carbocycles. The number of carbonyl (C=O) groups is 1. The number of anilines is 1. The summed E-state index contributed by atoms with van der Waals surface area (Å²) in [6, 6.07) is 12.9. The summed E-state index contributed by atoms with van der Waals surface area (Å²) in [6.45, 7) is 3.88. The SMILES string of the molecule is CCOC(=O)Cc1csc(NN=Cc2ccc(-c3ccc(F)c(C)c3)cc2)n1. The molecule has 1 heterocycles. The predicted molar refractivity (Wildman–Crippen MR) is 110 cm³/mol. The van der Waals surface area contributed by atoms with Crippen LogP contribution < -0.4 is 5.43 Å². The highest BCUT2D eigenvalue weighted by atomic mass is 32.1. The molecule has 0 bridgehead atoms. The molecule has 5 nitrogen and oxygen atoms in total. The molecule has 2 aromatic carbocycles. The molecule has 0 radical (unpaired) electrons. The Labute approximate surface area is 166 Å². The monoisotopic (exact) mass is 397 g/mol. The van der Waals surface area contributed by atoms with Crippen molar-refractivity contribution in [1.29, 1.82) is 0 Å². The maximum Gasteiger partial charge on any atom is 0.311 e. The maximum absolute atomic E-state index is 13.4. The van der Waals surface area contributed by atoms with Gasteiger partial charge in [-0.3, -0.25) is 10.2 Å². The third kappa shape index (κ3) is 5.23. The van der Waals surface area contributed by atoms with E-state index in [4.69, 9.17) is 4.74 Å².